The lowest BCUT2D eigenvalue weighted by molar-refractivity contribution is 0.0930. The van der Waals surface area contributed by atoms with E-state index in [1.54, 1.807) is 0 Å². The van der Waals surface area contributed by atoms with Crippen molar-refractivity contribution in [3.63, 3.8) is 0 Å². The molecule has 3 nitrogen and oxygen atoms in total. The number of benzene rings is 1. The van der Waals surface area contributed by atoms with Crippen molar-refractivity contribution in [3.05, 3.63) is 35.4 Å². The summed E-state index contributed by atoms with van der Waals surface area (Å²) in [5.74, 6) is 1.28. The minimum atomic E-state index is 0.0272. The van der Waals surface area contributed by atoms with E-state index in [1.807, 2.05) is 12.1 Å². The van der Waals surface area contributed by atoms with Gasteiger partial charge in [0.1, 0.15) is 0 Å². The summed E-state index contributed by atoms with van der Waals surface area (Å²) in [5.41, 5.74) is 2.05. The Bertz CT molecular complexity index is 481. The number of piperidine rings is 1. The molecule has 2 atom stereocenters. The van der Waals surface area contributed by atoms with Gasteiger partial charge in [0, 0.05) is 24.7 Å². The molecular weight excluding hydrogens is 272 g/mol. The van der Waals surface area contributed by atoms with Crippen LogP contribution in [0, 0.1) is 11.8 Å². The predicted octanol–water partition coefficient (Wildman–Crippen LogP) is 3.69. The number of carbonyl (C=O) groups excluding carboxylic acids is 1. The summed E-state index contributed by atoms with van der Waals surface area (Å²) in [6.07, 6.45) is 2.65. The summed E-state index contributed by atoms with van der Waals surface area (Å²) in [5, 5.41) is 3.05. The van der Waals surface area contributed by atoms with Crippen molar-refractivity contribution in [2.75, 3.05) is 13.1 Å². The van der Waals surface area contributed by atoms with Crippen molar-refractivity contribution in [2.45, 2.75) is 53.1 Å². The quantitative estimate of drug-likeness (QED) is 0.899. The fourth-order valence-corrected chi connectivity index (χ4v) is 2.91. The SMILES string of the molecule is CC(C)[C@@H](C)NC(=O)c1ccc(CN2CCC[C@H](C)C2)cc1. The van der Waals surface area contributed by atoms with Crippen LogP contribution in [-0.2, 0) is 6.54 Å². The Kier molecular flexibility index (Phi) is 6.01. The Morgan fingerprint density at radius 2 is 1.95 bits per heavy atom. The first kappa shape index (κ1) is 17.0. The van der Waals surface area contributed by atoms with Crippen LogP contribution in [0.5, 0.6) is 0 Å². The van der Waals surface area contributed by atoms with Gasteiger partial charge < -0.3 is 5.32 Å². The average Bonchev–Trinajstić information content (AvgIpc) is 2.47. The molecule has 0 spiro atoms. The molecule has 1 aromatic carbocycles. The van der Waals surface area contributed by atoms with Crippen LogP contribution in [0.15, 0.2) is 24.3 Å². The van der Waals surface area contributed by atoms with E-state index in [0.29, 0.717) is 5.92 Å². The van der Waals surface area contributed by atoms with Crippen LogP contribution in [0.2, 0.25) is 0 Å². The fraction of sp³-hybridized carbons (Fsp3) is 0.632. The molecule has 2 rings (SSSR count). The molecule has 0 aliphatic carbocycles. The molecule has 0 saturated carbocycles. The Hall–Kier alpha value is -1.35. The number of rotatable bonds is 5. The maximum absolute atomic E-state index is 12.2. The summed E-state index contributed by atoms with van der Waals surface area (Å²) in [6.45, 7) is 12.0. The van der Waals surface area contributed by atoms with E-state index in [9.17, 15) is 4.79 Å². The van der Waals surface area contributed by atoms with Gasteiger partial charge in [0.05, 0.1) is 0 Å². The molecule has 1 amide bonds. The van der Waals surface area contributed by atoms with Crippen LogP contribution in [0.1, 0.15) is 56.5 Å². The van der Waals surface area contributed by atoms with E-state index in [2.05, 4.69) is 50.0 Å². The van der Waals surface area contributed by atoms with Gasteiger partial charge >= 0.3 is 0 Å². The van der Waals surface area contributed by atoms with Crippen LogP contribution in [0.4, 0.5) is 0 Å². The molecule has 122 valence electrons. The molecule has 0 unspecified atom stereocenters. The zero-order valence-electron chi connectivity index (χ0n) is 14.4. The minimum absolute atomic E-state index is 0.0272. The average molecular weight is 302 g/mol. The lowest BCUT2D eigenvalue weighted by atomic mass is 9.99. The van der Waals surface area contributed by atoms with Gasteiger partial charge in [-0.05, 0) is 55.8 Å². The Labute approximate surface area is 135 Å². The highest BCUT2D eigenvalue weighted by Gasteiger charge is 2.16. The lowest BCUT2D eigenvalue weighted by Gasteiger charge is -2.30. The summed E-state index contributed by atoms with van der Waals surface area (Å²) in [4.78, 5) is 14.7. The van der Waals surface area contributed by atoms with E-state index in [-0.39, 0.29) is 11.9 Å². The Morgan fingerprint density at radius 1 is 1.27 bits per heavy atom. The molecule has 22 heavy (non-hydrogen) atoms. The second-order valence-electron chi connectivity index (χ2n) is 7.19. The molecule has 0 aromatic heterocycles. The third-order valence-corrected chi connectivity index (χ3v) is 4.72. The number of likely N-dealkylation sites (tertiary alicyclic amines) is 1. The van der Waals surface area contributed by atoms with Crippen LogP contribution in [0.25, 0.3) is 0 Å². The molecule has 1 N–H and O–H groups in total. The highest BCUT2D eigenvalue weighted by molar-refractivity contribution is 5.94. The highest BCUT2D eigenvalue weighted by atomic mass is 16.1. The van der Waals surface area contributed by atoms with Crippen molar-refractivity contribution >= 4 is 5.91 Å². The largest absolute Gasteiger partial charge is 0.349 e. The maximum atomic E-state index is 12.2. The Balaban J connectivity index is 1.91. The first-order valence-electron chi connectivity index (χ1n) is 8.58. The number of amides is 1. The van der Waals surface area contributed by atoms with E-state index in [4.69, 9.17) is 0 Å². The molecule has 1 aromatic rings. The molecular formula is C19H30N2O. The van der Waals surface area contributed by atoms with Gasteiger partial charge in [-0.1, -0.05) is 32.9 Å². The van der Waals surface area contributed by atoms with Crippen molar-refractivity contribution in [1.82, 2.24) is 10.2 Å². The number of nitrogens with zero attached hydrogens (tertiary/aromatic N) is 1. The molecule has 3 heteroatoms. The molecule has 0 radical (unpaired) electrons. The monoisotopic (exact) mass is 302 g/mol. The van der Waals surface area contributed by atoms with Crippen molar-refractivity contribution in [2.24, 2.45) is 11.8 Å². The highest BCUT2D eigenvalue weighted by Crippen LogP contribution is 2.18. The smallest absolute Gasteiger partial charge is 0.251 e. The molecule has 1 heterocycles. The van der Waals surface area contributed by atoms with Gasteiger partial charge in [-0.3, -0.25) is 9.69 Å². The van der Waals surface area contributed by atoms with E-state index in [1.165, 1.54) is 31.5 Å². The predicted molar refractivity (Wildman–Crippen MR) is 91.9 cm³/mol. The second-order valence-corrected chi connectivity index (χ2v) is 7.19. The van der Waals surface area contributed by atoms with Crippen LogP contribution >= 0.6 is 0 Å². The summed E-state index contributed by atoms with van der Waals surface area (Å²) in [6, 6.07) is 8.28. The maximum Gasteiger partial charge on any atom is 0.251 e. The van der Waals surface area contributed by atoms with Gasteiger partial charge in [0.25, 0.3) is 5.91 Å². The molecule has 1 saturated heterocycles. The topological polar surface area (TPSA) is 32.3 Å². The third kappa shape index (κ3) is 4.84. The first-order chi connectivity index (χ1) is 10.5. The fourth-order valence-electron chi connectivity index (χ4n) is 2.91. The van der Waals surface area contributed by atoms with Gasteiger partial charge in [-0.25, -0.2) is 0 Å². The summed E-state index contributed by atoms with van der Waals surface area (Å²) < 4.78 is 0. The second kappa shape index (κ2) is 7.77. The molecule has 1 aliphatic rings. The number of hydrogen-bond acceptors (Lipinski definition) is 2. The molecule has 1 aliphatic heterocycles. The number of carbonyl (C=O) groups is 1. The zero-order chi connectivity index (χ0) is 16.1. The van der Waals surface area contributed by atoms with Gasteiger partial charge in [0.15, 0.2) is 0 Å². The van der Waals surface area contributed by atoms with E-state index >= 15 is 0 Å². The standard InChI is InChI=1S/C19H30N2O/c1-14(2)16(4)20-19(22)18-9-7-17(8-10-18)13-21-11-5-6-15(3)12-21/h7-10,14-16H,5-6,11-13H2,1-4H3,(H,20,22)/t15-,16+/m0/s1. The van der Waals surface area contributed by atoms with Gasteiger partial charge in [-0.2, -0.15) is 0 Å². The lowest BCUT2D eigenvalue weighted by Crippen LogP contribution is -2.36. The third-order valence-electron chi connectivity index (χ3n) is 4.72. The van der Waals surface area contributed by atoms with E-state index < -0.39 is 0 Å². The molecule has 1 fully saturated rings. The van der Waals surface area contributed by atoms with Crippen molar-refractivity contribution in [3.8, 4) is 0 Å². The van der Waals surface area contributed by atoms with Crippen LogP contribution in [-0.4, -0.2) is 29.9 Å². The zero-order valence-corrected chi connectivity index (χ0v) is 14.4. The van der Waals surface area contributed by atoms with Gasteiger partial charge in [-0.15, -0.1) is 0 Å². The normalized spacial score (nSPS) is 20.9. The van der Waals surface area contributed by atoms with Crippen molar-refractivity contribution in [1.29, 1.82) is 0 Å². The van der Waals surface area contributed by atoms with E-state index in [0.717, 1.165) is 18.0 Å². The summed E-state index contributed by atoms with van der Waals surface area (Å²) >= 11 is 0. The molecule has 0 bridgehead atoms. The number of nitrogens with one attached hydrogen (secondary N) is 1. The summed E-state index contributed by atoms with van der Waals surface area (Å²) in [7, 11) is 0. The van der Waals surface area contributed by atoms with Gasteiger partial charge in [0.2, 0.25) is 0 Å². The first-order valence-corrected chi connectivity index (χ1v) is 8.58. The number of hydrogen-bond donors (Lipinski definition) is 1. The van der Waals surface area contributed by atoms with Crippen LogP contribution < -0.4 is 5.32 Å². The van der Waals surface area contributed by atoms with Crippen LogP contribution in [0.3, 0.4) is 0 Å². The Morgan fingerprint density at radius 3 is 2.55 bits per heavy atom. The van der Waals surface area contributed by atoms with Crippen molar-refractivity contribution < 1.29 is 4.79 Å². The minimum Gasteiger partial charge on any atom is -0.349 e.